The van der Waals surface area contributed by atoms with Crippen LogP contribution in [0.1, 0.15) is 53.3 Å². The zero-order chi connectivity index (χ0) is 38.0. The highest BCUT2D eigenvalue weighted by Crippen LogP contribution is 2.34. The molecule has 53 heavy (non-hydrogen) atoms. The molecule has 3 aromatic heterocycles. The number of aryl methyl sites for hydroxylation is 1. The van der Waals surface area contributed by atoms with Crippen molar-refractivity contribution in [2.45, 2.75) is 59.0 Å². The normalized spacial score (nSPS) is 15.1. The highest BCUT2D eigenvalue weighted by atomic mass is 79.9. The van der Waals surface area contributed by atoms with Gasteiger partial charge >= 0.3 is 6.18 Å². The Bertz CT molecular complexity index is 2230. The van der Waals surface area contributed by atoms with Gasteiger partial charge in [0.25, 0.3) is 11.5 Å². The van der Waals surface area contributed by atoms with Crippen molar-refractivity contribution >= 4 is 56.5 Å². The average molecular weight is 817 g/mol. The van der Waals surface area contributed by atoms with Crippen LogP contribution in [0.4, 0.5) is 24.5 Å². The van der Waals surface area contributed by atoms with Crippen LogP contribution < -0.4 is 20.5 Å². The molecule has 13 nitrogen and oxygen atoms in total. The number of nitrogens with one attached hydrogen (secondary N) is 1. The lowest BCUT2D eigenvalue weighted by Crippen LogP contribution is -2.41. The fourth-order valence-corrected chi connectivity index (χ4v) is 6.81. The summed E-state index contributed by atoms with van der Waals surface area (Å²) in [7, 11) is 0. The van der Waals surface area contributed by atoms with E-state index in [1.807, 2.05) is 49.1 Å². The van der Waals surface area contributed by atoms with Crippen molar-refractivity contribution in [3.8, 4) is 5.75 Å². The summed E-state index contributed by atoms with van der Waals surface area (Å²) >= 11 is 9.33. The number of nitrogens with zero attached hydrogens (tertiary/aromatic N) is 8. The molecule has 0 spiro atoms. The highest BCUT2D eigenvalue weighted by molar-refractivity contribution is 9.10. The molecule has 1 saturated heterocycles. The Balaban J connectivity index is 1.28. The molecule has 0 unspecified atom stereocenters. The maximum absolute atomic E-state index is 14.1. The summed E-state index contributed by atoms with van der Waals surface area (Å²) in [6.07, 6.45) is -2.48. The van der Waals surface area contributed by atoms with Crippen LogP contribution in [0.3, 0.4) is 0 Å². The molecule has 0 bridgehead atoms. The summed E-state index contributed by atoms with van der Waals surface area (Å²) in [4.78, 5) is 58.1. The summed E-state index contributed by atoms with van der Waals surface area (Å²) < 4.78 is 48.4. The Morgan fingerprint density at radius 2 is 1.85 bits per heavy atom. The van der Waals surface area contributed by atoms with Crippen LogP contribution in [-0.2, 0) is 30.5 Å². The Labute approximate surface area is 314 Å². The molecule has 2 aromatic carbocycles. The lowest BCUT2D eigenvalue weighted by atomic mass is 10.1. The predicted molar refractivity (Wildman–Crippen MR) is 194 cm³/mol. The Morgan fingerprint density at radius 3 is 2.55 bits per heavy atom. The minimum atomic E-state index is -4.61. The van der Waals surface area contributed by atoms with Gasteiger partial charge in [-0.1, -0.05) is 48.9 Å². The van der Waals surface area contributed by atoms with Crippen molar-refractivity contribution in [1.82, 2.24) is 34.0 Å². The van der Waals surface area contributed by atoms with Crippen molar-refractivity contribution in [1.29, 1.82) is 0 Å². The van der Waals surface area contributed by atoms with Crippen LogP contribution in [0.2, 0.25) is 5.02 Å². The third kappa shape index (κ3) is 8.00. The van der Waals surface area contributed by atoms with Crippen LogP contribution in [0.15, 0.2) is 64.4 Å². The number of anilines is 2. The number of fused-ring (bicyclic) bond motifs is 1. The number of aromatic nitrogens is 6. The van der Waals surface area contributed by atoms with Gasteiger partial charge in [0.2, 0.25) is 16.4 Å². The maximum Gasteiger partial charge on any atom is 0.416 e. The predicted octanol–water partition coefficient (Wildman–Crippen LogP) is 5.95. The van der Waals surface area contributed by atoms with Gasteiger partial charge in [-0.15, -0.1) is 5.10 Å². The number of amides is 2. The molecule has 0 saturated carbocycles. The monoisotopic (exact) mass is 815 g/mol. The number of ether oxygens (including phenoxy) is 1. The number of benzene rings is 2. The van der Waals surface area contributed by atoms with E-state index in [0.29, 0.717) is 36.5 Å². The van der Waals surface area contributed by atoms with Crippen molar-refractivity contribution in [2.75, 3.05) is 29.9 Å². The molecule has 0 radical (unpaired) electrons. The first-order valence-electron chi connectivity index (χ1n) is 16.7. The summed E-state index contributed by atoms with van der Waals surface area (Å²) in [5, 5.41) is 6.51. The van der Waals surface area contributed by atoms with Gasteiger partial charge in [-0.05, 0) is 66.4 Å². The molecular formula is C35H34BrClF3N9O4. The van der Waals surface area contributed by atoms with Crippen molar-refractivity contribution in [3.05, 3.63) is 103 Å². The SMILES string of the molecule is CCc1c(N2CC[C@@H](C)N(C(=O)c3ncnc(C)c3OCc3ccccc3)CC2)c(=O)n2nc(Br)nc2n1CC(=O)Nc1ccc(C(F)(F)F)cc1Cl. The summed E-state index contributed by atoms with van der Waals surface area (Å²) in [5.41, 5.74) is 0.907. The standard InChI is InChI=1S/C35H34BrClF3N9O4/c1-4-26-29(32(52)49-34(44-33(36)45-49)48(26)17-27(50)43-25-11-10-23(16-24(25)37)35(38,39)40)46-13-12-20(2)47(15-14-46)31(51)28-30(21(3)41-19-42-28)53-18-22-8-6-5-7-9-22/h5-11,16,19-20H,4,12-15,17-18H2,1-3H3,(H,43,50)/t20-/m1/s1. The molecule has 2 amide bonds. The molecule has 278 valence electrons. The topological polar surface area (TPSA) is 140 Å². The van der Waals surface area contributed by atoms with Gasteiger partial charge in [0.05, 0.1) is 27.7 Å². The van der Waals surface area contributed by atoms with Gasteiger partial charge in [0.15, 0.2) is 11.4 Å². The van der Waals surface area contributed by atoms with E-state index in [1.165, 1.54) is 6.33 Å². The van der Waals surface area contributed by atoms with E-state index in [0.717, 1.165) is 28.3 Å². The molecule has 6 rings (SSSR count). The van der Waals surface area contributed by atoms with E-state index in [1.54, 1.807) is 16.4 Å². The summed E-state index contributed by atoms with van der Waals surface area (Å²) in [6.45, 7) is 6.24. The minimum Gasteiger partial charge on any atom is -0.485 e. The number of halogens is 5. The van der Waals surface area contributed by atoms with Gasteiger partial charge in [-0.2, -0.15) is 22.7 Å². The number of hydrogen-bond donors (Lipinski definition) is 1. The van der Waals surface area contributed by atoms with Crippen molar-refractivity contribution < 1.29 is 27.5 Å². The fraction of sp³-hybridized carbons (Fsp3) is 0.343. The third-order valence-corrected chi connectivity index (χ3v) is 9.60. The smallest absolute Gasteiger partial charge is 0.416 e. The van der Waals surface area contributed by atoms with E-state index >= 15 is 0 Å². The number of carbonyl (C=O) groups excluding carboxylic acids is 2. The zero-order valence-electron chi connectivity index (χ0n) is 28.8. The van der Waals surface area contributed by atoms with Crippen LogP contribution in [0.5, 0.6) is 5.75 Å². The van der Waals surface area contributed by atoms with Crippen molar-refractivity contribution in [3.63, 3.8) is 0 Å². The Morgan fingerprint density at radius 1 is 1.09 bits per heavy atom. The molecule has 1 fully saturated rings. The molecule has 0 aliphatic carbocycles. The highest BCUT2D eigenvalue weighted by Gasteiger charge is 2.33. The van der Waals surface area contributed by atoms with E-state index in [-0.39, 0.29) is 70.8 Å². The van der Waals surface area contributed by atoms with Gasteiger partial charge in [0, 0.05) is 25.7 Å². The van der Waals surface area contributed by atoms with Crippen molar-refractivity contribution in [2.24, 2.45) is 0 Å². The first-order chi connectivity index (χ1) is 25.3. The molecule has 5 aromatic rings. The van der Waals surface area contributed by atoms with Crippen LogP contribution >= 0.6 is 27.5 Å². The van der Waals surface area contributed by atoms with E-state index in [9.17, 15) is 27.6 Å². The first-order valence-corrected chi connectivity index (χ1v) is 17.8. The third-order valence-electron chi connectivity index (χ3n) is 8.95. The molecular weight excluding hydrogens is 783 g/mol. The second-order valence-electron chi connectivity index (χ2n) is 12.4. The fourth-order valence-electron chi connectivity index (χ4n) is 6.27. The van der Waals surface area contributed by atoms with Gasteiger partial charge in [-0.3, -0.25) is 14.4 Å². The van der Waals surface area contributed by atoms with E-state index < -0.39 is 23.2 Å². The number of alkyl halides is 3. The number of hydrogen-bond acceptors (Lipinski definition) is 9. The number of carbonyl (C=O) groups is 2. The quantitative estimate of drug-likeness (QED) is 0.191. The van der Waals surface area contributed by atoms with Crippen LogP contribution in [0, 0.1) is 6.92 Å². The number of rotatable bonds is 9. The second kappa shape index (κ2) is 15.5. The molecule has 4 heterocycles. The van der Waals surface area contributed by atoms with Crippen LogP contribution in [0.25, 0.3) is 5.78 Å². The van der Waals surface area contributed by atoms with Crippen LogP contribution in [-0.4, -0.2) is 71.5 Å². The minimum absolute atomic E-state index is 0.0126. The Kier molecular flexibility index (Phi) is 11.0. The molecule has 1 aliphatic rings. The van der Waals surface area contributed by atoms with E-state index in [4.69, 9.17) is 16.3 Å². The largest absolute Gasteiger partial charge is 0.485 e. The first kappa shape index (κ1) is 37.7. The zero-order valence-corrected chi connectivity index (χ0v) is 31.2. The molecule has 1 N–H and O–H groups in total. The van der Waals surface area contributed by atoms with Gasteiger partial charge < -0.3 is 24.4 Å². The second-order valence-corrected chi connectivity index (χ2v) is 13.5. The molecule has 1 atom stereocenters. The van der Waals surface area contributed by atoms with Gasteiger partial charge in [0.1, 0.15) is 25.2 Å². The average Bonchev–Trinajstić information content (AvgIpc) is 3.42. The summed E-state index contributed by atoms with van der Waals surface area (Å²) in [6, 6.07) is 11.9. The lowest BCUT2D eigenvalue weighted by molar-refractivity contribution is -0.137. The molecule has 18 heteroatoms. The maximum atomic E-state index is 14.1. The lowest BCUT2D eigenvalue weighted by Gasteiger charge is -2.28. The summed E-state index contributed by atoms with van der Waals surface area (Å²) in [5.74, 6) is -0.582. The Hall–Kier alpha value is -5.03. The van der Waals surface area contributed by atoms with Gasteiger partial charge in [-0.25, -0.2) is 9.97 Å². The van der Waals surface area contributed by atoms with E-state index in [2.05, 4.69) is 41.3 Å². The molecule has 1 aliphatic heterocycles.